The maximum Gasteiger partial charge on any atom is 0.279 e. The van der Waals surface area contributed by atoms with Crippen molar-refractivity contribution in [1.29, 1.82) is 0 Å². The average molecular weight is 247 g/mol. The molecular weight excluding hydrogens is 226 g/mol. The van der Waals surface area contributed by atoms with Crippen molar-refractivity contribution in [1.82, 2.24) is 9.03 Å². The summed E-state index contributed by atoms with van der Waals surface area (Å²) in [6, 6.07) is 0.131. The van der Waals surface area contributed by atoms with Crippen molar-refractivity contribution in [2.75, 3.05) is 7.05 Å². The summed E-state index contributed by atoms with van der Waals surface area (Å²) < 4.78 is 28.1. The number of nitrogens with one attached hydrogen (secondary N) is 1. The summed E-state index contributed by atoms with van der Waals surface area (Å²) in [7, 11) is -1.65. The van der Waals surface area contributed by atoms with Gasteiger partial charge in [-0.15, -0.1) is 0 Å². The number of nitrogens with two attached hydrogens (primary N) is 1. The summed E-state index contributed by atoms with van der Waals surface area (Å²) in [5, 5.41) is 0. The molecule has 0 spiro atoms. The van der Waals surface area contributed by atoms with Crippen LogP contribution in [0.3, 0.4) is 0 Å². The van der Waals surface area contributed by atoms with E-state index in [2.05, 4.69) is 4.72 Å². The van der Waals surface area contributed by atoms with Crippen LogP contribution in [0, 0.1) is 0 Å². The fourth-order valence-corrected chi connectivity index (χ4v) is 3.69. The summed E-state index contributed by atoms with van der Waals surface area (Å²) in [6.45, 7) is 0. The molecule has 0 radical (unpaired) electrons. The minimum atomic E-state index is -3.33. The molecule has 0 aromatic carbocycles. The Morgan fingerprint density at radius 2 is 1.81 bits per heavy atom. The van der Waals surface area contributed by atoms with Gasteiger partial charge in [0.1, 0.15) is 0 Å². The summed E-state index contributed by atoms with van der Waals surface area (Å²) in [4.78, 5) is 0. The summed E-state index contributed by atoms with van der Waals surface area (Å²) in [5.74, 6) is 0. The summed E-state index contributed by atoms with van der Waals surface area (Å²) in [5.41, 5.74) is 5.61. The first-order valence-electron chi connectivity index (χ1n) is 6.01. The molecule has 2 atom stereocenters. The van der Waals surface area contributed by atoms with Crippen LogP contribution in [0.2, 0.25) is 0 Å². The Morgan fingerprint density at radius 1 is 1.25 bits per heavy atom. The van der Waals surface area contributed by atoms with Gasteiger partial charge in [-0.1, -0.05) is 19.3 Å². The lowest BCUT2D eigenvalue weighted by Gasteiger charge is -2.30. The van der Waals surface area contributed by atoms with Gasteiger partial charge in [-0.2, -0.15) is 17.4 Å². The fourth-order valence-electron chi connectivity index (χ4n) is 2.27. The smallest absolute Gasteiger partial charge is 0.279 e. The summed E-state index contributed by atoms with van der Waals surface area (Å²) in [6.07, 6.45) is 6.21. The maximum atomic E-state index is 12.0. The molecule has 0 saturated heterocycles. The van der Waals surface area contributed by atoms with E-state index >= 15 is 0 Å². The largest absolute Gasteiger partial charge is 0.326 e. The van der Waals surface area contributed by atoms with Crippen molar-refractivity contribution in [3.63, 3.8) is 0 Å². The van der Waals surface area contributed by atoms with Crippen LogP contribution in [-0.2, 0) is 10.2 Å². The van der Waals surface area contributed by atoms with Gasteiger partial charge in [0.05, 0.1) is 0 Å². The molecule has 0 aliphatic heterocycles. The molecule has 6 heteroatoms. The first-order valence-corrected chi connectivity index (χ1v) is 7.45. The highest BCUT2D eigenvalue weighted by Crippen LogP contribution is 2.25. The molecule has 0 aromatic rings. The molecule has 2 fully saturated rings. The number of nitrogens with zero attached hydrogens (tertiary/aromatic N) is 1. The average Bonchev–Trinajstić information content (AvgIpc) is 2.93. The van der Waals surface area contributed by atoms with Gasteiger partial charge in [-0.3, -0.25) is 0 Å². The van der Waals surface area contributed by atoms with Gasteiger partial charge in [0, 0.05) is 25.2 Å². The molecule has 0 heterocycles. The van der Waals surface area contributed by atoms with Gasteiger partial charge >= 0.3 is 0 Å². The van der Waals surface area contributed by atoms with Crippen molar-refractivity contribution in [3.8, 4) is 0 Å². The SMILES string of the molecule is CN(C1CCCCC1)S(=O)(=O)NC1CC1N. The number of rotatable bonds is 4. The van der Waals surface area contributed by atoms with Crippen molar-refractivity contribution >= 4 is 10.2 Å². The molecule has 3 N–H and O–H groups in total. The van der Waals surface area contributed by atoms with Gasteiger partial charge in [0.25, 0.3) is 10.2 Å². The van der Waals surface area contributed by atoms with Crippen molar-refractivity contribution in [2.24, 2.45) is 5.73 Å². The van der Waals surface area contributed by atoms with E-state index in [1.165, 1.54) is 10.7 Å². The number of hydrogen-bond acceptors (Lipinski definition) is 3. The Labute approximate surface area is 97.6 Å². The van der Waals surface area contributed by atoms with E-state index < -0.39 is 10.2 Å². The second-order valence-corrected chi connectivity index (χ2v) is 6.70. The Hall–Kier alpha value is -0.170. The van der Waals surface area contributed by atoms with Gasteiger partial charge < -0.3 is 5.73 Å². The minimum absolute atomic E-state index is 0.00882. The molecule has 94 valence electrons. The van der Waals surface area contributed by atoms with Crippen LogP contribution in [0.1, 0.15) is 38.5 Å². The monoisotopic (exact) mass is 247 g/mol. The molecule has 2 rings (SSSR count). The predicted molar refractivity (Wildman–Crippen MR) is 63.1 cm³/mol. The van der Waals surface area contributed by atoms with Crippen LogP contribution in [0.4, 0.5) is 0 Å². The third kappa shape index (κ3) is 2.74. The van der Waals surface area contributed by atoms with E-state index in [9.17, 15) is 8.42 Å². The highest BCUT2D eigenvalue weighted by Gasteiger charge is 2.39. The molecule has 2 unspecified atom stereocenters. The molecule has 2 aliphatic rings. The van der Waals surface area contributed by atoms with E-state index in [-0.39, 0.29) is 18.1 Å². The lowest BCUT2D eigenvalue weighted by atomic mass is 9.96. The van der Waals surface area contributed by atoms with Crippen LogP contribution >= 0.6 is 0 Å². The second kappa shape index (κ2) is 4.60. The molecule has 2 saturated carbocycles. The zero-order chi connectivity index (χ0) is 11.8. The molecule has 0 bridgehead atoms. The third-order valence-electron chi connectivity index (χ3n) is 3.61. The normalized spacial score (nSPS) is 31.9. The van der Waals surface area contributed by atoms with Crippen LogP contribution in [0.15, 0.2) is 0 Å². The second-order valence-electron chi connectivity index (χ2n) is 4.94. The topological polar surface area (TPSA) is 75.4 Å². The minimum Gasteiger partial charge on any atom is -0.326 e. The standard InChI is InChI=1S/C10H21N3O2S/c1-13(8-5-3-2-4-6-8)16(14,15)12-10-7-9(10)11/h8-10,12H,2-7,11H2,1H3. The molecule has 16 heavy (non-hydrogen) atoms. The van der Waals surface area contributed by atoms with E-state index in [4.69, 9.17) is 5.73 Å². The van der Waals surface area contributed by atoms with Gasteiger partial charge in [-0.25, -0.2) is 0 Å². The Kier molecular flexibility index (Phi) is 3.53. The van der Waals surface area contributed by atoms with Crippen LogP contribution in [0.5, 0.6) is 0 Å². The molecule has 0 aromatic heterocycles. The Morgan fingerprint density at radius 3 is 2.31 bits per heavy atom. The zero-order valence-corrected chi connectivity index (χ0v) is 10.5. The molecular formula is C10H21N3O2S. The van der Waals surface area contributed by atoms with Crippen LogP contribution in [-0.4, -0.2) is 37.9 Å². The first-order chi connectivity index (χ1) is 7.50. The first kappa shape index (κ1) is 12.3. The zero-order valence-electron chi connectivity index (χ0n) is 9.72. The predicted octanol–water partition coefficient (Wildman–Crippen LogP) is 0.185. The van der Waals surface area contributed by atoms with Gasteiger partial charge in [0.2, 0.25) is 0 Å². The van der Waals surface area contributed by atoms with Gasteiger partial charge in [-0.05, 0) is 19.3 Å². The van der Waals surface area contributed by atoms with Crippen molar-refractivity contribution in [2.45, 2.75) is 56.7 Å². The molecule has 2 aliphatic carbocycles. The van der Waals surface area contributed by atoms with E-state index in [0.29, 0.717) is 0 Å². The van der Waals surface area contributed by atoms with Crippen molar-refractivity contribution < 1.29 is 8.42 Å². The van der Waals surface area contributed by atoms with Gasteiger partial charge in [0.15, 0.2) is 0 Å². The van der Waals surface area contributed by atoms with Crippen LogP contribution in [0.25, 0.3) is 0 Å². The maximum absolute atomic E-state index is 12.0. The van der Waals surface area contributed by atoms with E-state index in [0.717, 1.165) is 32.1 Å². The summed E-state index contributed by atoms with van der Waals surface area (Å²) >= 11 is 0. The molecule has 0 amide bonds. The lowest BCUT2D eigenvalue weighted by Crippen LogP contribution is -2.46. The quantitative estimate of drug-likeness (QED) is 0.744. The molecule has 5 nitrogen and oxygen atoms in total. The highest BCUT2D eigenvalue weighted by molar-refractivity contribution is 7.87. The fraction of sp³-hybridized carbons (Fsp3) is 1.00. The number of hydrogen-bond donors (Lipinski definition) is 2. The highest BCUT2D eigenvalue weighted by atomic mass is 32.2. The lowest BCUT2D eigenvalue weighted by molar-refractivity contribution is 0.283. The van der Waals surface area contributed by atoms with Crippen LogP contribution < -0.4 is 10.5 Å². The van der Waals surface area contributed by atoms with E-state index in [1.54, 1.807) is 7.05 Å². The van der Waals surface area contributed by atoms with Crippen molar-refractivity contribution in [3.05, 3.63) is 0 Å². The Balaban J connectivity index is 1.93. The Bertz CT molecular complexity index is 338. The third-order valence-corrected chi connectivity index (χ3v) is 5.27. The van der Waals surface area contributed by atoms with E-state index in [1.807, 2.05) is 0 Å².